The van der Waals surface area contributed by atoms with Gasteiger partial charge in [-0.3, -0.25) is 9.59 Å². The number of amides is 2. The van der Waals surface area contributed by atoms with Gasteiger partial charge in [-0.1, -0.05) is 23.4 Å². The molecule has 0 unspecified atom stereocenters. The molecule has 150 valence electrons. The minimum Gasteiger partial charge on any atom is -0.451 e. The molecule has 1 saturated carbocycles. The Morgan fingerprint density at radius 1 is 1.10 bits per heavy atom. The quantitative estimate of drug-likeness (QED) is 0.716. The number of carbonyl (C=O) groups excluding carboxylic acids is 2. The number of furan rings is 1. The van der Waals surface area contributed by atoms with Crippen LogP contribution in [0, 0.1) is 5.92 Å². The van der Waals surface area contributed by atoms with Crippen molar-refractivity contribution in [2.24, 2.45) is 5.92 Å². The number of carbonyl (C=O) groups is 2. The average Bonchev–Trinajstić information content (AvgIpc) is 3.32. The molecule has 2 aromatic heterocycles. The predicted molar refractivity (Wildman–Crippen MR) is 106 cm³/mol. The molecule has 0 bridgehead atoms. The monoisotopic (exact) mass is 393 g/mol. The van der Waals surface area contributed by atoms with Crippen LogP contribution >= 0.6 is 0 Å². The Morgan fingerprint density at radius 3 is 2.66 bits per heavy atom. The Kier molecular flexibility index (Phi) is 4.58. The Hall–Kier alpha value is -3.09. The Balaban J connectivity index is 1.12. The van der Waals surface area contributed by atoms with Gasteiger partial charge in [0.25, 0.3) is 11.8 Å². The lowest BCUT2D eigenvalue weighted by Crippen LogP contribution is -2.41. The minimum absolute atomic E-state index is 0.0705. The number of hydrogen-bond acceptors (Lipinski definition) is 5. The van der Waals surface area contributed by atoms with E-state index >= 15 is 0 Å². The molecule has 1 aliphatic heterocycles. The SMILES string of the molecule is O=C(NCC1CCN(C(=O)c2cc3ccccc3o2)CC1)c1cc(C2CC2)on1. The largest absolute Gasteiger partial charge is 0.451 e. The zero-order valence-corrected chi connectivity index (χ0v) is 16.1. The van der Waals surface area contributed by atoms with E-state index in [2.05, 4.69) is 10.5 Å². The molecule has 1 aliphatic carbocycles. The highest BCUT2D eigenvalue weighted by molar-refractivity contribution is 5.96. The summed E-state index contributed by atoms with van der Waals surface area (Å²) in [5, 5.41) is 7.77. The average molecular weight is 393 g/mol. The molecule has 5 rings (SSSR count). The standard InChI is InChI=1S/C22H23N3O4/c26-21(17-12-19(29-24-17)15-5-6-15)23-13-14-7-9-25(10-8-14)22(27)20-11-16-3-1-2-4-18(16)28-20/h1-4,11-12,14-15H,5-10,13H2,(H,23,26). The summed E-state index contributed by atoms with van der Waals surface area (Å²) in [6.45, 7) is 1.90. The van der Waals surface area contributed by atoms with Gasteiger partial charge in [0.15, 0.2) is 11.5 Å². The van der Waals surface area contributed by atoms with Crippen molar-refractivity contribution >= 4 is 22.8 Å². The molecule has 2 aliphatic rings. The fourth-order valence-electron chi connectivity index (χ4n) is 3.87. The second-order valence-electron chi connectivity index (χ2n) is 7.98. The number of likely N-dealkylation sites (tertiary alicyclic amines) is 1. The third kappa shape index (κ3) is 3.77. The summed E-state index contributed by atoms with van der Waals surface area (Å²) in [5.41, 5.74) is 1.08. The Labute approximate surface area is 168 Å². The van der Waals surface area contributed by atoms with Gasteiger partial charge in [-0.2, -0.15) is 0 Å². The first-order valence-corrected chi connectivity index (χ1v) is 10.2. The number of benzene rings is 1. The van der Waals surface area contributed by atoms with E-state index in [0.717, 1.165) is 42.4 Å². The van der Waals surface area contributed by atoms with E-state index in [1.54, 1.807) is 12.1 Å². The maximum atomic E-state index is 12.7. The molecule has 1 aromatic carbocycles. The van der Waals surface area contributed by atoms with Crippen LogP contribution < -0.4 is 5.32 Å². The van der Waals surface area contributed by atoms with Crippen LogP contribution in [0.3, 0.4) is 0 Å². The first kappa shape index (κ1) is 18.0. The molecule has 29 heavy (non-hydrogen) atoms. The second-order valence-corrected chi connectivity index (χ2v) is 7.98. The molecule has 0 atom stereocenters. The summed E-state index contributed by atoms with van der Waals surface area (Å²) in [5.74, 6) is 1.72. The van der Waals surface area contributed by atoms with Crippen molar-refractivity contribution in [1.82, 2.24) is 15.4 Å². The molecule has 0 spiro atoms. The highest BCUT2D eigenvalue weighted by Crippen LogP contribution is 2.40. The van der Waals surface area contributed by atoms with Gasteiger partial charge in [0.05, 0.1) is 0 Å². The first-order valence-electron chi connectivity index (χ1n) is 10.2. The molecular formula is C22H23N3O4. The lowest BCUT2D eigenvalue weighted by molar-refractivity contribution is 0.0655. The number of nitrogens with one attached hydrogen (secondary N) is 1. The van der Waals surface area contributed by atoms with Crippen LogP contribution in [0.4, 0.5) is 0 Å². The van der Waals surface area contributed by atoms with E-state index in [1.807, 2.05) is 29.2 Å². The summed E-state index contributed by atoms with van der Waals surface area (Å²) in [4.78, 5) is 26.8. The van der Waals surface area contributed by atoms with Gasteiger partial charge in [-0.25, -0.2) is 0 Å². The number of piperidine rings is 1. The molecule has 7 heteroatoms. The van der Waals surface area contributed by atoms with Crippen LogP contribution in [-0.2, 0) is 0 Å². The van der Waals surface area contributed by atoms with Crippen molar-refractivity contribution in [1.29, 1.82) is 0 Å². The van der Waals surface area contributed by atoms with E-state index in [-0.39, 0.29) is 11.8 Å². The normalized spacial score (nSPS) is 17.6. The van der Waals surface area contributed by atoms with Gasteiger partial charge in [0.2, 0.25) is 0 Å². The molecule has 1 N–H and O–H groups in total. The summed E-state index contributed by atoms with van der Waals surface area (Å²) < 4.78 is 10.9. The molecule has 7 nitrogen and oxygen atoms in total. The third-order valence-corrected chi connectivity index (χ3v) is 5.83. The van der Waals surface area contributed by atoms with Crippen molar-refractivity contribution in [3.05, 3.63) is 53.6 Å². The smallest absolute Gasteiger partial charge is 0.289 e. The Morgan fingerprint density at radius 2 is 1.90 bits per heavy atom. The summed E-state index contributed by atoms with van der Waals surface area (Å²) in [7, 11) is 0. The lowest BCUT2D eigenvalue weighted by atomic mass is 9.96. The summed E-state index contributed by atoms with van der Waals surface area (Å²) in [6.07, 6.45) is 3.92. The summed E-state index contributed by atoms with van der Waals surface area (Å²) >= 11 is 0. The predicted octanol–water partition coefficient (Wildman–Crippen LogP) is 3.58. The topological polar surface area (TPSA) is 88.6 Å². The van der Waals surface area contributed by atoms with Gasteiger partial charge in [0.1, 0.15) is 11.3 Å². The molecular weight excluding hydrogens is 370 g/mol. The van der Waals surface area contributed by atoms with Crippen LogP contribution in [0.25, 0.3) is 11.0 Å². The van der Waals surface area contributed by atoms with Gasteiger partial charge < -0.3 is 19.2 Å². The zero-order valence-electron chi connectivity index (χ0n) is 16.1. The number of rotatable bonds is 5. The fraction of sp³-hybridized carbons (Fsp3) is 0.409. The van der Waals surface area contributed by atoms with E-state index in [0.29, 0.717) is 42.9 Å². The lowest BCUT2D eigenvalue weighted by Gasteiger charge is -2.31. The number of hydrogen-bond donors (Lipinski definition) is 1. The minimum atomic E-state index is -0.193. The summed E-state index contributed by atoms with van der Waals surface area (Å²) in [6, 6.07) is 11.2. The maximum Gasteiger partial charge on any atom is 0.289 e. The van der Waals surface area contributed by atoms with Crippen LogP contribution in [-0.4, -0.2) is 41.5 Å². The number of para-hydroxylation sites is 1. The number of aromatic nitrogens is 1. The molecule has 1 saturated heterocycles. The number of fused-ring (bicyclic) bond motifs is 1. The van der Waals surface area contributed by atoms with Crippen molar-refractivity contribution in [3.8, 4) is 0 Å². The van der Waals surface area contributed by atoms with Crippen molar-refractivity contribution in [2.45, 2.75) is 31.6 Å². The highest BCUT2D eigenvalue weighted by Gasteiger charge is 2.29. The van der Waals surface area contributed by atoms with Crippen molar-refractivity contribution < 1.29 is 18.5 Å². The highest BCUT2D eigenvalue weighted by atomic mass is 16.5. The zero-order chi connectivity index (χ0) is 19.8. The van der Waals surface area contributed by atoms with Crippen LogP contribution in [0.5, 0.6) is 0 Å². The number of nitrogens with zero attached hydrogens (tertiary/aromatic N) is 2. The van der Waals surface area contributed by atoms with E-state index < -0.39 is 0 Å². The van der Waals surface area contributed by atoms with Crippen LogP contribution in [0.2, 0.25) is 0 Å². The van der Waals surface area contributed by atoms with Crippen LogP contribution in [0.1, 0.15) is 58.4 Å². The van der Waals surface area contributed by atoms with Gasteiger partial charge in [-0.15, -0.1) is 0 Å². The molecule has 2 amide bonds. The van der Waals surface area contributed by atoms with Gasteiger partial charge >= 0.3 is 0 Å². The molecule has 3 aromatic rings. The molecule has 3 heterocycles. The first-order chi connectivity index (χ1) is 14.2. The fourth-order valence-corrected chi connectivity index (χ4v) is 3.87. The third-order valence-electron chi connectivity index (χ3n) is 5.83. The van der Waals surface area contributed by atoms with E-state index in [4.69, 9.17) is 8.94 Å². The van der Waals surface area contributed by atoms with Crippen molar-refractivity contribution in [3.63, 3.8) is 0 Å². The second kappa shape index (κ2) is 7.39. The molecule has 2 fully saturated rings. The van der Waals surface area contributed by atoms with E-state index in [9.17, 15) is 9.59 Å². The molecule has 0 radical (unpaired) electrons. The van der Waals surface area contributed by atoms with Gasteiger partial charge in [0, 0.05) is 37.0 Å². The van der Waals surface area contributed by atoms with Gasteiger partial charge in [-0.05, 0) is 43.7 Å². The Bertz CT molecular complexity index is 1010. The van der Waals surface area contributed by atoms with E-state index in [1.165, 1.54) is 0 Å². The van der Waals surface area contributed by atoms with Crippen LogP contribution in [0.15, 0.2) is 45.3 Å². The maximum absolute atomic E-state index is 12.7. The van der Waals surface area contributed by atoms with Crippen molar-refractivity contribution in [2.75, 3.05) is 19.6 Å².